The molecule has 1 fully saturated rings. The first-order valence-electron chi connectivity index (χ1n) is 7.85. The number of fused-ring (bicyclic) bond motifs is 1. The molecule has 0 bridgehead atoms. The molecule has 3 heteroatoms. The normalized spacial score (nSPS) is 25.9. The Morgan fingerprint density at radius 1 is 1.05 bits per heavy atom. The molecular weight excluding hydrogens is 250 g/mol. The predicted molar refractivity (Wildman–Crippen MR) is 78.8 cm³/mol. The van der Waals surface area contributed by atoms with Gasteiger partial charge in [-0.2, -0.15) is 0 Å². The summed E-state index contributed by atoms with van der Waals surface area (Å²) in [5, 5.41) is 12.9. The van der Waals surface area contributed by atoms with Crippen molar-refractivity contribution in [1.82, 2.24) is 5.32 Å². The lowest BCUT2D eigenvalue weighted by Gasteiger charge is -2.28. The molecule has 2 aliphatic carbocycles. The second-order valence-corrected chi connectivity index (χ2v) is 6.12. The standard InChI is InChI=1S/C17H23NO2/c19-16-8-4-3-7-15(16)18-17(20)14-10-9-12-5-1-2-6-13(12)11-14/h9-11,15-16,19H,1-8H2,(H,18,20). The molecule has 2 N–H and O–H groups in total. The third-order valence-corrected chi connectivity index (χ3v) is 4.66. The van der Waals surface area contributed by atoms with Crippen LogP contribution in [0, 0.1) is 0 Å². The van der Waals surface area contributed by atoms with Gasteiger partial charge in [-0.25, -0.2) is 0 Å². The van der Waals surface area contributed by atoms with E-state index in [1.165, 1.54) is 24.0 Å². The molecule has 0 spiro atoms. The maximum absolute atomic E-state index is 12.3. The van der Waals surface area contributed by atoms with E-state index in [0.717, 1.165) is 44.1 Å². The van der Waals surface area contributed by atoms with Crippen LogP contribution in [0.4, 0.5) is 0 Å². The van der Waals surface area contributed by atoms with E-state index in [9.17, 15) is 9.90 Å². The molecule has 108 valence electrons. The average Bonchev–Trinajstić information content (AvgIpc) is 2.49. The minimum Gasteiger partial charge on any atom is -0.391 e. The Labute approximate surface area is 120 Å². The monoisotopic (exact) mass is 273 g/mol. The SMILES string of the molecule is O=C(NC1CCCCC1O)c1ccc2c(c1)CCCC2. The summed E-state index contributed by atoms with van der Waals surface area (Å²) in [6, 6.07) is 5.99. The number of hydrogen-bond donors (Lipinski definition) is 2. The second-order valence-electron chi connectivity index (χ2n) is 6.12. The van der Waals surface area contributed by atoms with Crippen LogP contribution in [-0.4, -0.2) is 23.2 Å². The van der Waals surface area contributed by atoms with E-state index >= 15 is 0 Å². The summed E-state index contributed by atoms with van der Waals surface area (Å²) in [5.41, 5.74) is 3.46. The van der Waals surface area contributed by atoms with Crippen LogP contribution in [0.25, 0.3) is 0 Å². The summed E-state index contributed by atoms with van der Waals surface area (Å²) in [7, 11) is 0. The van der Waals surface area contributed by atoms with Crippen molar-refractivity contribution in [2.75, 3.05) is 0 Å². The predicted octanol–water partition coefficient (Wildman–Crippen LogP) is 2.60. The van der Waals surface area contributed by atoms with Gasteiger partial charge in [0.15, 0.2) is 0 Å². The smallest absolute Gasteiger partial charge is 0.251 e. The van der Waals surface area contributed by atoms with Crippen LogP contribution in [0.3, 0.4) is 0 Å². The van der Waals surface area contributed by atoms with Crippen LogP contribution >= 0.6 is 0 Å². The molecule has 0 heterocycles. The van der Waals surface area contributed by atoms with E-state index in [-0.39, 0.29) is 18.1 Å². The zero-order valence-electron chi connectivity index (χ0n) is 11.9. The lowest BCUT2D eigenvalue weighted by Crippen LogP contribution is -2.45. The molecule has 1 aromatic rings. The fourth-order valence-electron chi connectivity index (χ4n) is 3.41. The second kappa shape index (κ2) is 5.96. The van der Waals surface area contributed by atoms with Gasteiger partial charge in [0.2, 0.25) is 0 Å². The van der Waals surface area contributed by atoms with Crippen molar-refractivity contribution in [3.05, 3.63) is 34.9 Å². The number of carbonyl (C=O) groups is 1. The van der Waals surface area contributed by atoms with Gasteiger partial charge in [0, 0.05) is 5.56 Å². The summed E-state index contributed by atoms with van der Waals surface area (Å²) in [6.07, 6.45) is 8.16. The third kappa shape index (κ3) is 2.88. The number of rotatable bonds is 2. The summed E-state index contributed by atoms with van der Waals surface area (Å²) in [5.74, 6) is -0.0377. The molecule has 0 aliphatic heterocycles. The van der Waals surface area contributed by atoms with E-state index in [1.54, 1.807) is 0 Å². The highest BCUT2D eigenvalue weighted by molar-refractivity contribution is 5.94. The molecule has 3 nitrogen and oxygen atoms in total. The molecule has 0 radical (unpaired) electrons. The molecular formula is C17H23NO2. The molecule has 20 heavy (non-hydrogen) atoms. The number of amides is 1. The maximum atomic E-state index is 12.3. The number of nitrogens with one attached hydrogen (secondary N) is 1. The minimum atomic E-state index is -0.384. The van der Waals surface area contributed by atoms with Crippen molar-refractivity contribution in [3.8, 4) is 0 Å². The molecule has 1 aromatic carbocycles. The van der Waals surface area contributed by atoms with Crippen LogP contribution in [0.5, 0.6) is 0 Å². The summed E-state index contributed by atoms with van der Waals surface area (Å²) in [4.78, 5) is 12.3. The van der Waals surface area contributed by atoms with Gasteiger partial charge in [-0.15, -0.1) is 0 Å². The van der Waals surface area contributed by atoms with E-state index in [1.807, 2.05) is 12.1 Å². The zero-order chi connectivity index (χ0) is 13.9. The van der Waals surface area contributed by atoms with Gasteiger partial charge in [0.1, 0.15) is 0 Å². The lowest BCUT2D eigenvalue weighted by molar-refractivity contribution is 0.0717. The highest BCUT2D eigenvalue weighted by atomic mass is 16.3. The quantitative estimate of drug-likeness (QED) is 0.870. The van der Waals surface area contributed by atoms with Gasteiger partial charge in [-0.1, -0.05) is 18.9 Å². The molecule has 1 amide bonds. The van der Waals surface area contributed by atoms with E-state index in [4.69, 9.17) is 0 Å². The molecule has 3 rings (SSSR count). The maximum Gasteiger partial charge on any atom is 0.251 e. The molecule has 2 atom stereocenters. The third-order valence-electron chi connectivity index (χ3n) is 4.66. The molecule has 0 aromatic heterocycles. The van der Waals surface area contributed by atoms with Crippen LogP contribution in [-0.2, 0) is 12.8 Å². The lowest BCUT2D eigenvalue weighted by atomic mass is 9.89. The van der Waals surface area contributed by atoms with E-state index < -0.39 is 0 Å². The van der Waals surface area contributed by atoms with Crippen molar-refractivity contribution in [2.45, 2.75) is 63.5 Å². The molecule has 2 aliphatic rings. The van der Waals surface area contributed by atoms with Crippen molar-refractivity contribution in [3.63, 3.8) is 0 Å². The summed E-state index contributed by atoms with van der Waals surface area (Å²) < 4.78 is 0. The van der Waals surface area contributed by atoms with Gasteiger partial charge in [0.05, 0.1) is 12.1 Å². The number of aliphatic hydroxyl groups is 1. The minimum absolute atomic E-state index is 0.0377. The van der Waals surface area contributed by atoms with Crippen molar-refractivity contribution < 1.29 is 9.90 Å². The topological polar surface area (TPSA) is 49.3 Å². The van der Waals surface area contributed by atoms with Crippen molar-refractivity contribution in [1.29, 1.82) is 0 Å². The average molecular weight is 273 g/mol. The Bertz CT molecular complexity index is 498. The van der Waals surface area contributed by atoms with Crippen LogP contribution in [0.2, 0.25) is 0 Å². The van der Waals surface area contributed by atoms with Gasteiger partial charge in [-0.3, -0.25) is 4.79 Å². The Balaban J connectivity index is 1.70. The van der Waals surface area contributed by atoms with Gasteiger partial charge in [0.25, 0.3) is 5.91 Å². The zero-order valence-corrected chi connectivity index (χ0v) is 11.9. The highest BCUT2D eigenvalue weighted by Crippen LogP contribution is 2.23. The van der Waals surface area contributed by atoms with E-state index in [2.05, 4.69) is 11.4 Å². The largest absolute Gasteiger partial charge is 0.391 e. The Hall–Kier alpha value is -1.35. The van der Waals surface area contributed by atoms with Gasteiger partial charge in [-0.05, 0) is 61.8 Å². The van der Waals surface area contributed by atoms with Crippen LogP contribution in [0.1, 0.15) is 60.0 Å². The first-order chi connectivity index (χ1) is 9.74. The summed E-state index contributed by atoms with van der Waals surface area (Å²) in [6.45, 7) is 0. The van der Waals surface area contributed by atoms with Gasteiger partial charge >= 0.3 is 0 Å². The summed E-state index contributed by atoms with van der Waals surface area (Å²) >= 11 is 0. The number of benzene rings is 1. The van der Waals surface area contributed by atoms with E-state index in [0.29, 0.717) is 0 Å². The fourth-order valence-corrected chi connectivity index (χ4v) is 3.41. The Morgan fingerprint density at radius 2 is 1.80 bits per heavy atom. The van der Waals surface area contributed by atoms with Crippen LogP contribution < -0.4 is 5.32 Å². The number of carbonyl (C=O) groups excluding carboxylic acids is 1. The van der Waals surface area contributed by atoms with Crippen LogP contribution in [0.15, 0.2) is 18.2 Å². The fraction of sp³-hybridized carbons (Fsp3) is 0.588. The van der Waals surface area contributed by atoms with Crippen molar-refractivity contribution in [2.24, 2.45) is 0 Å². The number of aliphatic hydroxyl groups excluding tert-OH is 1. The Kier molecular flexibility index (Phi) is 4.06. The molecule has 0 saturated heterocycles. The first-order valence-corrected chi connectivity index (χ1v) is 7.85. The first kappa shape index (κ1) is 13.6. The van der Waals surface area contributed by atoms with Crippen molar-refractivity contribution >= 4 is 5.91 Å². The Morgan fingerprint density at radius 3 is 2.60 bits per heavy atom. The van der Waals surface area contributed by atoms with Gasteiger partial charge < -0.3 is 10.4 Å². The number of hydrogen-bond acceptors (Lipinski definition) is 2. The molecule has 1 saturated carbocycles. The number of aryl methyl sites for hydroxylation is 2. The highest BCUT2D eigenvalue weighted by Gasteiger charge is 2.25. The molecule has 2 unspecified atom stereocenters.